The first kappa shape index (κ1) is 17.6. The number of aromatic nitrogens is 4. The first-order valence-electron chi connectivity index (χ1n) is 8.39. The van der Waals surface area contributed by atoms with Crippen molar-refractivity contribution in [3.05, 3.63) is 42.5 Å². The van der Waals surface area contributed by atoms with Crippen molar-refractivity contribution in [3.8, 4) is 0 Å². The predicted octanol–water partition coefficient (Wildman–Crippen LogP) is -1.00. The zero-order valence-corrected chi connectivity index (χ0v) is 14.3. The van der Waals surface area contributed by atoms with Gasteiger partial charge >= 0.3 is 0 Å². The summed E-state index contributed by atoms with van der Waals surface area (Å²) >= 11 is 0. The number of aliphatic hydroxyl groups is 3. The number of hydrogen-bond donors (Lipinski definition) is 5. The Balaban J connectivity index is 1.89. The highest BCUT2D eigenvalue weighted by Gasteiger charge is 2.56. The average molecular weight is 372 g/mol. The van der Waals surface area contributed by atoms with Gasteiger partial charge in [-0.15, -0.1) is 0 Å². The molecule has 27 heavy (non-hydrogen) atoms. The summed E-state index contributed by atoms with van der Waals surface area (Å²) in [7, 11) is 0. The Kier molecular flexibility index (Phi) is 4.19. The SMILES string of the molecule is Nc1cccc(C[C@@]2(n3cnc4c(N)ncnc43)O[C@H](CO)[C@@H](O)[C@H]2O)c1. The number of benzene rings is 1. The van der Waals surface area contributed by atoms with Gasteiger partial charge in [-0.05, 0) is 17.7 Å². The predicted molar refractivity (Wildman–Crippen MR) is 96.2 cm³/mol. The molecule has 10 heteroatoms. The van der Waals surface area contributed by atoms with Crippen molar-refractivity contribution < 1.29 is 20.1 Å². The van der Waals surface area contributed by atoms with Crippen LogP contribution in [0, 0.1) is 0 Å². The van der Waals surface area contributed by atoms with E-state index in [1.54, 1.807) is 18.2 Å². The monoisotopic (exact) mass is 372 g/mol. The van der Waals surface area contributed by atoms with E-state index in [-0.39, 0.29) is 12.2 Å². The number of anilines is 2. The van der Waals surface area contributed by atoms with Crippen LogP contribution in [0.25, 0.3) is 11.2 Å². The first-order chi connectivity index (χ1) is 13.0. The van der Waals surface area contributed by atoms with Gasteiger partial charge in [-0.3, -0.25) is 4.57 Å². The van der Waals surface area contributed by atoms with Crippen LogP contribution in [0.4, 0.5) is 11.5 Å². The van der Waals surface area contributed by atoms with E-state index in [0.717, 1.165) is 5.56 Å². The van der Waals surface area contributed by atoms with E-state index in [1.165, 1.54) is 17.2 Å². The Morgan fingerprint density at radius 1 is 1.19 bits per heavy atom. The summed E-state index contributed by atoms with van der Waals surface area (Å²) < 4.78 is 7.51. The van der Waals surface area contributed by atoms with Gasteiger partial charge in [0.05, 0.1) is 12.9 Å². The lowest BCUT2D eigenvalue weighted by Gasteiger charge is -2.34. The fourth-order valence-electron chi connectivity index (χ4n) is 3.57. The van der Waals surface area contributed by atoms with Crippen LogP contribution < -0.4 is 11.5 Å². The molecule has 1 aromatic carbocycles. The van der Waals surface area contributed by atoms with Crippen molar-refractivity contribution in [1.82, 2.24) is 19.5 Å². The molecule has 0 bridgehead atoms. The summed E-state index contributed by atoms with van der Waals surface area (Å²) in [5.41, 5.74) is 12.3. The fraction of sp³-hybridized carbons (Fsp3) is 0.353. The summed E-state index contributed by atoms with van der Waals surface area (Å²) in [5, 5.41) is 30.9. The van der Waals surface area contributed by atoms with E-state index in [2.05, 4.69) is 15.0 Å². The lowest BCUT2D eigenvalue weighted by Crippen LogP contribution is -2.47. The maximum Gasteiger partial charge on any atom is 0.180 e. The second-order valence-corrected chi connectivity index (χ2v) is 6.59. The van der Waals surface area contributed by atoms with Gasteiger partial charge in [0.2, 0.25) is 0 Å². The molecule has 0 aliphatic carbocycles. The number of aliphatic hydroxyl groups excluding tert-OH is 3. The van der Waals surface area contributed by atoms with E-state index < -0.39 is 30.6 Å². The highest BCUT2D eigenvalue weighted by molar-refractivity contribution is 5.81. The largest absolute Gasteiger partial charge is 0.399 e. The van der Waals surface area contributed by atoms with Crippen molar-refractivity contribution in [2.45, 2.75) is 30.5 Å². The number of nitrogens with two attached hydrogens (primary N) is 2. The van der Waals surface area contributed by atoms with Crippen molar-refractivity contribution in [3.63, 3.8) is 0 Å². The Labute approximate surface area is 154 Å². The topological polar surface area (TPSA) is 166 Å². The second kappa shape index (κ2) is 6.43. The third-order valence-electron chi connectivity index (χ3n) is 4.88. The molecule has 1 saturated heterocycles. The number of rotatable bonds is 4. The number of ether oxygens (including phenoxy) is 1. The molecule has 0 unspecified atom stereocenters. The normalized spacial score (nSPS) is 28.0. The molecule has 0 saturated carbocycles. The number of fused-ring (bicyclic) bond motifs is 1. The molecule has 3 heterocycles. The Morgan fingerprint density at radius 2 is 2.00 bits per heavy atom. The second-order valence-electron chi connectivity index (χ2n) is 6.59. The average Bonchev–Trinajstić information content (AvgIpc) is 3.19. The van der Waals surface area contributed by atoms with Crippen LogP contribution in [-0.4, -0.2) is 59.8 Å². The molecule has 1 aliphatic rings. The Morgan fingerprint density at radius 3 is 2.70 bits per heavy atom. The van der Waals surface area contributed by atoms with Crippen molar-refractivity contribution in [2.75, 3.05) is 18.1 Å². The quantitative estimate of drug-likeness (QED) is 0.361. The van der Waals surface area contributed by atoms with Crippen LogP contribution in [0.2, 0.25) is 0 Å². The molecule has 3 aromatic rings. The summed E-state index contributed by atoms with van der Waals surface area (Å²) in [6.45, 7) is -0.458. The highest BCUT2D eigenvalue weighted by Crippen LogP contribution is 2.40. The molecule has 0 spiro atoms. The van der Waals surface area contributed by atoms with Gasteiger partial charge in [-0.2, -0.15) is 0 Å². The van der Waals surface area contributed by atoms with Crippen molar-refractivity contribution in [2.24, 2.45) is 0 Å². The van der Waals surface area contributed by atoms with Crippen molar-refractivity contribution in [1.29, 1.82) is 0 Å². The van der Waals surface area contributed by atoms with Gasteiger partial charge in [0.25, 0.3) is 0 Å². The lowest BCUT2D eigenvalue weighted by atomic mass is 9.94. The summed E-state index contributed by atoms with van der Waals surface area (Å²) in [6, 6.07) is 7.11. The molecule has 1 fully saturated rings. The molecule has 2 aromatic heterocycles. The van der Waals surface area contributed by atoms with E-state index in [4.69, 9.17) is 16.2 Å². The first-order valence-corrected chi connectivity index (χ1v) is 8.39. The van der Waals surface area contributed by atoms with Gasteiger partial charge in [-0.25, -0.2) is 15.0 Å². The third-order valence-corrected chi connectivity index (χ3v) is 4.88. The van der Waals surface area contributed by atoms with Gasteiger partial charge in [0.15, 0.2) is 17.2 Å². The number of imidazole rings is 1. The maximum absolute atomic E-state index is 10.9. The highest BCUT2D eigenvalue weighted by atomic mass is 16.6. The van der Waals surface area contributed by atoms with E-state index >= 15 is 0 Å². The van der Waals surface area contributed by atoms with E-state index in [9.17, 15) is 15.3 Å². The van der Waals surface area contributed by atoms with Crippen LogP contribution in [0.15, 0.2) is 36.9 Å². The van der Waals surface area contributed by atoms with Crippen LogP contribution in [0.1, 0.15) is 5.56 Å². The van der Waals surface area contributed by atoms with Crippen LogP contribution in [-0.2, 0) is 16.9 Å². The minimum Gasteiger partial charge on any atom is -0.399 e. The van der Waals surface area contributed by atoms with Crippen LogP contribution in [0.5, 0.6) is 0 Å². The molecule has 1 aliphatic heterocycles. The molecule has 4 rings (SSSR count). The van der Waals surface area contributed by atoms with Crippen LogP contribution >= 0.6 is 0 Å². The smallest absolute Gasteiger partial charge is 0.180 e. The standard InChI is InChI=1S/C17H20N6O4/c18-10-3-1-2-9(4-10)5-17(14(26)13(25)11(6-24)27-17)23-8-22-12-15(19)20-7-21-16(12)23/h1-4,7-8,11,13-14,24-26H,5-6,18H2,(H2,19,20,21)/t11-,13-,14-,17-/m1/s1. The maximum atomic E-state index is 10.9. The summed E-state index contributed by atoms with van der Waals surface area (Å²) in [6.07, 6.45) is -0.763. The Bertz CT molecular complexity index is 979. The fourth-order valence-corrected chi connectivity index (χ4v) is 3.57. The van der Waals surface area contributed by atoms with Gasteiger partial charge in [0.1, 0.15) is 30.2 Å². The molecule has 10 nitrogen and oxygen atoms in total. The zero-order valence-electron chi connectivity index (χ0n) is 14.3. The molecule has 7 N–H and O–H groups in total. The minimum absolute atomic E-state index is 0.155. The molecule has 142 valence electrons. The van der Waals surface area contributed by atoms with Gasteiger partial charge < -0.3 is 31.5 Å². The van der Waals surface area contributed by atoms with Crippen molar-refractivity contribution >= 4 is 22.7 Å². The molecule has 4 atom stereocenters. The Hall–Kier alpha value is -2.79. The van der Waals surface area contributed by atoms with Gasteiger partial charge in [-0.1, -0.05) is 12.1 Å². The van der Waals surface area contributed by atoms with E-state index in [1.807, 2.05) is 6.07 Å². The lowest BCUT2D eigenvalue weighted by molar-refractivity contribution is -0.145. The third kappa shape index (κ3) is 2.70. The number of hydrogen-bond acceptors (Lipinski definition) is 9. The molecule has 0 radical (unpaired) electrons. The van der Waals surface area contributed by atoms with Crippen LogP contribution in [0.3, 0.4) is 0 Å². The molecular weight excluding hydrogens is 352 g/mol. The number of nitrogen functional groups attached to an aromatic ring is 2. The summed E-state index contributed by atoms with van der Waals surface area (Å²) in [5.74, 6) is 0.185. The van der Waals surface area contributed by atoms with E-state index in [0.29, 0.717) is 16.9 Å². The zero-order chi connectivity index (χ0) is 19.2. The van der Waals surface area contributed by atoms with Gasteiger partial charge in [0, 0.05) is 12.1 Å². The summed E-state index contributed by atoms with van der Waals surface area (Å²) in [4.78, 5) is 12.4. The number of nitrogens with zero attached hydrogens (tertiary/aromatic N) is 4. The minimum atomic E-state index is -1.46. The molecule has 0 amide bonds. The molecular formula is C17H20N6O4.